The molecule has 2 heterocycles. The summed E-state index contributed by atoms with van der Waals surface area (Å²) in [5.41, 5.74) is 1.23. The van der Waals surface area contributed by atoms with Crippen molar-refractivity contribution in [3.8, 4) is 17.2 Å². The van der Waals surface area contributed by atoms with Crippen molar-refractivity contribution in [2.45, 2.75) is 27.2 Å². The maximum Gasteiger partial charge on any atom is 0.254 e. The van der Waals surface area contributed by atoms with E-state index in [0.717, 1.165) is 5.69 Å². The average molecular weight is 442 g/mol. The minimum atomic E-state index is -0.119. The summed E-state index contributed by atoms with van der Waals surface area (Å²) in [5.74, 6) is 1.40. The second-order valence-electron chi connectivity index (χ2n) is 7.27. The summed E-state index contributed by atoms with van der Waals surface area (Å²) in [4.78, 5) is 33.6. The first-order chi connectivity index (χ1) is 15.6. The molecule has 3 rings (SSSR count). The lowest BCUT2D eigenvalue weighted by Crippen LogP contribution is -2.51. The van der Waals surface area contributed by atoms with E-state index >= 15 is 0 Å². The van der Waals surface area contributed by atoms with Gasteiger partial charge in [0.1, 0.15) is 0 Å². The smallest absolute Gasteiger partial charge is 0.254 e. The van der Waals surface area contributed by atoms with Crippen molar-refractivity contribution in [3.63, 3.8) is 0 Å². The van der Waals surface area contributed by atoms with Gasteiger partial charge >= 0.3 is 0 Å². The first-order valence-corrected chi connectivity index (χ1v) is 11.1. The van der Waals surface area contributed by atoms with Crippen LogP contribution in [-0.2, 0) is 11.2 Å². The summed E-state index contributed by atoms with van der Waals surface area (Å²) < 4.78 is 17.2. The number of hydrogen-bond donors (Lipinski definition) is 0. The maximum absolute atomic E-state index is 13.2. The fourth-order valence-corrected chi connectivity index (χ4v) is 3.62. The fourth-order valence-electron chi connectivity index (χ4n) is 3.62. The molecular weight excluding hydrogens is 410 g/mol. The van der Waals surface area contributed by atoms with Gasteiger partial charge < -0.3 is 24.0 Å². The molecule has 0 aliphatic carbocycles. The Morgan fingerprint density at radius 1 is 0.875 bits per heavy atom. The topological polar surface area (TPSA) is 81.2 Å². The SMILES string of the molecule is CCOc1cc(C(=O)N2CCN(C(=O)Cc3ccccn3)CC2)cc(OCC)c1OCC. The van der Waals surface area contributed by atoms with Crippen LogP contribution in [0.15, 0.2) is 36.5 Å². The number of pyridine rings is 1. The molecule has 32 heavy (non-hydrogen) atoms. The number of nitrogens with zero attached hydrogens (tertiary/aromatic N) is 3. The number of hydrogen-bond acceptors (Lipinski definition) is 6. The van der Waals surface area contributed by atoms with Crippen molar-refractivity contribution >= 4 is 11.8 Å². The Morgan fingerprint density at radius 3 is 2.00 bits per heavy atom. The molecule has 0 spiro atoms. The molecule has 8 heteroatoms. The van der Waals surface area contributed by atoms with Gasteiger partial charge in [0.25, 0.3) is 5.91 Å². The van der Waals surface area contributed by atoms with E-state index < -0.39 is 0 Å². The number of carbonyl (C=O) groups excluding carboxylic acids is 2. The van der Waals surface area contributed by atoms with E-state index in [4.69, 9.17) is 14.2 Å². The molecule has 0 unspecified atom stereocenters. The standard InChI is InChI=1S/C24H31N3O5/c1-4-30-20-15-18(16-21(31-5-2)23(20)32-6-3)24(29)27-13-11-26(12-14-27)22(28)17-19-9-7-8-10-25-19/h7-10,15-16H,4-6,11-14,17H2,1-3H3. The predicted molar refractivity (Wildman–Crippen MR) is 120 cm³/mol. The highest BCUT2D eigenvalue weighted by molar-refractivity contribution is 5.96. The van der Waals surface area contributed by atoms with Crippen molar-refractivity contribution in [3.05, 3.63) is 47.8 Å². The molecule has 1 fully saturated rings. The number of ether oxygens (including phenoxy) is 3. The van der Waals surface area contributed by atoms with Crippen LogP contribution in [-0.4, -0.2) is 72.6 Å². The van der Waals surface area contributed by atoms with Gasteiger partial charge in [0.05, 0.1) is 26.2 Å². The number of aromatic nitrogens is 1. The Bertz CT molecular complexity index is 884. The van der Waals surface area contributed by atoms with E-state index in [0.29, 0.717) is 68.8 Å². The lowest BCUT2D eigenvalue weighted by atomic mass is 10.1. The number of benzene rings is 1. The molecule has 1 saturated heterocycles. The van der Waals surface area contributed by atoms with Crippen LogP contribution in [0, 0.1) is 0 Å². The van der Waals surface area contributed by atoms with Gasteiger partial charge in [-0.15, -0.1) is 0 Å². The second-order valence-corrected chi connectivity index (χ2v) is 7.27. The zero-order valence-electron chi connectivity index (χ0n) is 19.0. The molecule has 1 aliphatic heterocycles. The lowest BCUT2D eigenvalue weighted by molar-refractivity contribution is -0.132. The second kappa shape index (κ2) is 11.4. The lowest BCUT2D eigenvalue weighted by Gasteiger charge is -2.35. The van der Waals surface area contributed by atoms with Crippen LogP contribution in [0.3, 0.4) is 0 Å². The quantitative estimate of drug-likeness (QED) is 0.595. The number of carbonyl (C=O) groups is 2. The Balaban J connectivity index is 1.69. The molecule has 1 aliphatic rings. The minimum Gasteiger partial charge on any atom is -0.490 e. The van der Waals surface area contributed by atoms with E-state index in [1.807, 2.05) is 39.0 Å². The van der Waals surface area contributed by atoms with Gasteiger partial charge in [-0.3, -0.25) is 14.6 Å². The molecule has 172 valence electrons. The monoisotopic (exact) mass is 441 g/mol. The van der Waals surface area contributed by atoms with Crippen LogP contribution in [0.4, 0.5) is 0 Å². The van der Waals surface area contributed by atoms with E-state index in [1.54, 1.807) is 28.1 Å². The van der Waals surface area contributed by atoms with Crippen molar-refractivity contribution in [1.29, 1.82) is 0 Å². The number of rotatable bonds is 9. The molecule has 8 nitrogen and oxygen atoms in total. The van der Waals surface area contributed by atoms with Crippen LogP contribution in [0.1, 0.15) is 36.8 Å². The summed E-state index contributed by atoms with van der Waals surface area (Å²) in [6.45, 7) is 8.91. The highest BCUT2D eigenvalue weighted by atomic mass is 16.5. The van der Waals surface area contributed by atoms with E-state index in [2.05, 4.69) is 4.98 Å². The highest BCUT2D eigenvalue weighted by Gasteiger charge is 2.27. The predicted octanol–water partition coefficient (Wildman–Crippen LogP) is 2.80. The Hall–Kier alpha value is -3.29. The van der Waals surface area contributed by atoms with E-state index in [-0.39, 0.29) is 18.2 Å². The van der Waals surface area contributed by atoms with E-state index in [1.165, 1.54) is 0 Å². The summed E-state index contributed by atoms with van der Waals surface area (Å²) in [7, 11) is 0. The Kier molecular flexibility index (Phi) is 8.30. The van der Waals surface area contributed by atoms with Crippen LogP contribution in [0.2, 0.25) is 0 Å². The molecule has 0 saturated carbocycles. The van der Waals surface area contributed by atoms with Crippen LogP contribution in [0.25, 0.3) is 0 Å². The molecule has 0 atom stereocenters. The third kappa shape index (κ3) is 5.69. The normalized spacial score (nSPS) is 13.6. The molecular formula is C24H31N3O5. The third-order valence-corrected chi connectivity index (χ3v) is 5.13. The van der Waals surface area contributed by atoms with Gasteiger partial charge in [0.2, 0.25) is 11.7 Å². The van der Waals surface area contributed by atoms with Crippen LogP contribution >= 0.6 is 0 Å². The number of amides is 2. The van der Waals surface area contributed by atoms with Crippen molar-refractivity contribution in [1.82, 2.24) is 14.8 Å². The van der Waals surface area contributed by atoms with Gasteiger partial charge in [-0.25, -0.2) is 0 Å². The van der Waals surface area contributed by atoms with Gasteiger partial charge in [0.15, 0.2) is 11.5 Å². The maximum atomic E-state index is 13.2. The fraction of sp³-hybridized carbons (Fsp3) is 0.458. The summed E-state index contributed by atoms with van der Waals surface area (Å²) in [5, 5.41) is 0. The van der Waals surface area contributed by atoms with Crippen molar-refractivity contribution < 1.29 is 23.8 Å². The molecule has 0 bridgehead atoms. The van der Waals surface area contributed by atoms with Gasteiger partial charge in [0, 0.05) is 43.6 Å². The summed E-state index contributed by atoms with van der Waals surface area (Å²) >= 11 is 0. The van der Waals surface area contributed by atoms with Crippen molar-refractivity contribution in [2.24, 2.45) is 0 Å². The highest BCUT2D eigenvalue weighted by Crippen LogP contribution is 2.39. The minimum absolute atomic E-state index is 0.0223. The Morgan fingerprint density at radius 2 is 1.47 bits per heavy atom. The summed E-state index contributed by atoms with van der Waals surface area (Å²) in [6.07, 6.45) is 1.95. The van der Waals surface area contributed by atoms with Crippen LogP contribution < -0.4 is 14.2 Å². The van der Waals surface area contributed by atoms with Gasteiger partial charge in [-0.1, -0.05) is 6.07 Å². The van der Waals surface area contributed by atoms with Crippen LogP contribution in [0.5, 0.6) is 17.2 Å². The zero-order valence-corrected chi connectivity index (χ0v) is 19.0. The largest absolute Gasteiger partial charge is 0.490 e. The first kappa shape index (κ1) is 23.4. The number of piperazine rings is 1. The molecule has 1 aromatic heterocycles. The average Bonchev–Trinajstić information content (AvgIpc) is 2.81. The van der Waals surface area contributed by atoms with Crippen molar-refractivity contribution in [2.75, 3.05) is 46.0 Å². The molecule has 2 amide bonds. The zero-order chi connectivity index (χ0) is 22.9. The van der Waals surface area contributed by atoms with E-state index in [9.17, 15) is 9.59 Å². The molecule has 0 N–H and O–H groups in total. The summed E-state index contributed by atoms with van der Waals surface area (Å²) in [6, 6.07) is 8.95. The van der Waals surface area contributed by atoms with Gasteiger partial charge in [-0.2, -0.15) is 0 Å². The molecule has 1 aromatic carbocycles. The molecule has 2 aromatic rings. The molecule has 0 radical (unpaired) electrons. The van der Waals surface area contributed by atoms with Gasteiger partial charge in [-0.05, 0) is 45.0 Å². The third-order valence-electron chi connectivity index (χ3n) is 5.13. The first-order valence-electron chi connectivity index (χ1n) is 11.1. The Labute approximate surface area is 189 Å².